The van der Waals surface area contributed by atoms with E-state index in [-0.39, 0.29) is 0 Å². The van der Waals surface area contributed by atoms with Crippen molar-refractivity contribution in [3.8, 4) is 0 Å². The fourth-order valence-corrected chi connectivity index (χ4v) is 1.55. The summed E-state index contributed by atoms with van der Waals surface area (Å²) in [7, 11) is 1.99. The lowest BCUT2D eigenvalue weighted by Crippen LogP contribution is -2.16. The molecule has 0 heterocycles. The van der Waals surface area contributed by atoms with Gasteiger partial charge in [-0.05, 0) is 50.7 Å². The van der Waals surface area contributed by atoms with Crippen LogP contribution in [0.1, 0.15) is 18.1 Å². The second-order valence-corrected chi connectivity index (χ2v) is 3.77. The summed E-state index contributed by atoms with van der Waals surface area (Å²) in [5.74, 6) is 0. The van der Waals surface area contributed by atoms with Gasteiger partial charge < -0.3 is 10.6 Å². The van der Waals surface area contributed by atoms with Crippen LogP contribution < -0.4 is 10.6 Å². The van der Waals surface area contributed by atoms with E-state index < -0.39 is 0 Å². The Kier molecular flexibility index (Phi) is 6.05. The number of likely N-dealkylation sites (N-methyl/N-ethyl adjacent to an activating group) is 2. The third kappa shape index (κ3) is 4.96. The van der Waals surface area contributed by atoms with Gasteiger partial charge in [-0.3, -0.25) is 0 Å². The number of hydrogen-bond donors (Lipinski definition) is 2. The molecule has 1 aromatic rings. The van der Waals surface area contributed by atoms with Crippen molar-refractivity contribution in [2.75, 3.05) is 26.7 Å². The normalized spacial score (nSPS) is 10.5. The zero-order valence-corrected chi connectivity index (χ0v) is 9.84. The van der Waals surface area contributed by atoms with Crippen LogP contribution in [0.15, 0.2) is 24.3 Å². The average molecular weight is 206 g/mol. The molecule has 0 aliphatic heterocycles. The molecule has 0 spiro atoms. The Labute approximate surface area is 93.1 Å². The predicted octanol–water partition coefficient (Wildman–Crippen LogP) is 1.60. The number of nitrogens with one attached hydrogen (secondary N) is 2. The van der Waals surface area contributed by atoms with E-state index >= 15 is 0 Å². The molecule has 0 aromatic heterocycles. The Balaban J connectivity index is 2.35. The van der Waals surface area contributed by atoms with Gasteiger partial charge in [0, 0.05) is 0 Å². The minimum Gasteiger partial charge on any atom is -0.319 e. The maximum atomic E-state index is 3.34. The van der Waals surface area contributed by atoms with Crippen molar-refractivity contribution in [1.29, 1.82) is 0 Å². The summed E-state index contributed by atoms with van der Waals surface area (Å²) in [5, 5.41) is 6.50. The molecule has 0 unspecified atom stereocenters. The second-order valence-electron chi connectivity index (χ2n) is 3.77. The van der Waals surface area contributed by atoms with Crippen LogP contribution in [0.25, 0.3) is 0 Å². The lowest BCUT2D eigenvalue weighted by molar-refractivity contribution is 0.716. The summed E-state index contributed by atoms with van der Waals surface area (Å²) in [6.45, 7) is 5.32. The van der Waals surface area contributed by atoms with Crippen molar-refractivity contribution >= 4 is 0 Å². The maximum Gasteiger partial charge on any atom is -0.000847 e. The van der Waals surface area contributed by atoms with E-state index in [0.717, 1.165) is 32.5 Å². The highest BCUT2D eigenvalue weighted by molar-refractivity contribution is 5.23. The molecule has 1 aromatic carbocycles. The van der Waals surface area contributed by atoms with Gasteiger partial charge in [-0.1, -0.05) is 31.2 Å². The Morgan fingerprint density at radius 1 is 0.933 bits per heavy atom. The maximum absolute atomic E-state index is 3.34. The van der Waals surface area contributed by atoms with E-state index in [4.69, 9.17) is 0 Å². The van der Waals surface area contributed by atoms with Gasteiger partial charge in [0.05, 0.1) is 0 Å². The molecule has 0 saturated heterocycles. The largest absolute Gasteiger partial charge is 0.319 e. The van der Waals surface area contributed by atoms with Crippen LogP contribution >= 0.6 is 0 Å². The molecule has 0 amide bonds. The van der Waals surface area contributed by atoms with Crippen molar-refractivity contribution in [3.05, 3.63) is 35.4 Å². The molecule has 0 aliphatic carbocycles. The molecule has 0 radical (unpaired) electrons. The van der Waals surface area contributed by atoms with Crippen LogP contribution in [0.4, 0.5) is 0 Å². The van der Waals surface area contributed by atoms with Gasteiger partial charge in [0.2, 0.25) is 0 Å². The molecule has 0 saturated carbocycles. The molecule has 0 atom stereocenters. The summed E-state index contributed by atoms with van der Waals surface area (Å²) in [6.07, 6.45) is 2.24. The lowest BCUT2D eigenvalue weighted by atomic mass is 10.1. The highest BCUT2D eigenvalue weighted by atomic mass is 14.8. The van der Waals surface area contributed by atoms with Gasteiger partial charge in [-0.25, -0.2) is 0 Å². The lowest BCUT2D eigenvalue weighted by Gasteiger charge is -2.04. The zero-order valence-electron chi connectivity index (χ0n) is 9.84. The standard InChI is InChI=1S/C13H22N2/c1-3-15-11-9-13-6-4-12(5-7-13)8-10-14-2/h4-7,14-15H,3,8-11H2,1-2H3. The highest BCUT2D eigenvalue weighted by Crippen LogP contribution is 2.05. The van der Waals surface area contributed by atoms with Crippen LogP contribution in [0.5, 0.6) is 0 Å². The summed E-state index contributed by atoms with van der Waals surface area (Å²) >= 11 is 0. The molecule has 2 nitrogen and oxygen atoms in total. The van der Waals surface area contributed by atoms with E-state index in [1.807, 2.05) is 7.05 Å². The molecule has 2 N–H and O–H groups in total. The molecule has 2 heteroatoms. The first-order valence-corrected chi connectivity index (χ1v) is 5.80. The molecule has 15 heavy (non-hydrogen) atoms. The smallest absolute Gasteiger partial charge is 0.000847 e. The van der Waals surface area contributed by atoms with Gasteiger partial charge in [0.25, 0.3) is 0 Å². The molecule has 84 valence electrons. The monoisotopic (exact) mass is 206 g/mol. The first-order chi connectivity index (χ1) is 7.36. The van der Waals surface area contributed by atoms with E-state index in [9.17, 15) is 0 Å². The van der Waals surface area contributed by atoms with Crippen molar-refractivity contribution < 1.29 is 0 Å². The van der Waals surface area contributed by atoms with Crippen LogP contribution in [-0.2, 0) is 12.8 Å². The molecule has 1 rings (SSSR count). The van der Waals surface area contributed by atoms with Crippen LogP contribution in [-0.4, -0.2) is 26.7 Å². The molecular weight excluding hydrogens is 184 g/mol. The quantitative estimate of drug-likeness (QED) is 0.662. The van der Waals surface area contributed by atoms with E-state index in [1.54, 1.807) is 0 Å². The first-order valence-electron chi connectivity index (χ1n) is 5.80. The Hall–Kier alpha value is -0.860. The van der Waals surface area contributed by atoms with Gasteiger partial charge in [0.1, 0.15) is 0 Å². The van der Waals surface area contributed by atoms with Gasteiger partial charge >= 0.3 is 0 Å². The van der Waals surface area contributed by atoms with Crippen molar-refractivity contribution in [2.45, 2.75) is 19.8 Å². The Morgan fingerprint density at radius 2 is 1.47 bits per heavy atom. The van der Waals surface area contributed by atoms with Crippen LogP contribution in [0.2, 0.25) is 0 Å². The summed E-state index contributed by atoms with van der Waals surface area (Å²) in [6, 6.07) is 8.95. The molecule has 0 bridgehead atoms. The van der Waals surface area contributed by atoms with E-state index in [2.05, 4.69) is 41.8 Å². The van der Waals surface area contributed by atoms with Gasteiger partial charge in [-0.2, -0.15) is 0 Å². The van der Waals surface area contributed by atoms with E-state index in [0.29, 0.717) is 0 Å². The third-order valence-corrected chi connectivity index (χ3v) is 2.53. The Morgan fingerprint density at radius 3 is 1.93 bits per heavy atom. The highest BCUT2D eigenvalue weighted by Gasteiger charge is 1.94. The van der Waals surface area contributed by atoms with Crippen molar-refractivity contribution in [1.82, 2.24) is 10.6 Å². The molecule has 0 fully saturated rings. The second kappa shape index (κ2) is 7.43. The first kappa shape index (κ1) is 12.2. The predicted molar refractivity (Wildman–Crippen MR) is 66.3 cm³/mol. The third-order valence-electron chi connectivity index (χ3n) is 2.53. The summed E-state index contributed by atoms with van der Waals surface area (Å²) in [4.78, 5) is 0. The van der Waals surface area contributed by atoms with Gasteiger partial charge in [-0.15, -0.1) is 0 Å². The fourth-order valence-electron chi connectivity index (χ4n) is 1.55. The number of benzene rings is 1. The fraction of sp³-hybridized carbons (Fsp3) is 0.538. The minimum absolute atomic E-state index is 1.05. The van der Waals surface area contributed by atoms with Crippen LogP contribution in [0, 0.1) is 0 Å². The number of rotatable bonds is 7. The topological polar surface area (TPSA) is 24.1 Å². The van der Waals surface area contributed by atoms with Crippen LogP contribution in [0.3, 0.4) is 0 Å². The molecule has 0 aliphatic rings. The van der Waals surface area contributed by atoms with Crippen molar-refractivity contribution in [3.63, 3.8) is 0 Å². The van der Waals surface area contributed by atoms with Crippen molar-refractivity contribution in [2.24, 2.45) is 0 Å². The van der Waals surface area contributed by atoms with Gasteiger partial charge in [0.15, 0.2) is 0 Å². The summed E-state index contributed by atoms with van der Waals surface area (Å²) < 4.78 is 0. The molecular formula is C13H22N2. The Bertz CT molecular complexity index is 254. The summed E-state index contributed by atoms with van der Waals surface area (Å²) in [5.41, 5.74) is 2.83. The minimum atomic E-state index is 1.05. The number of hydrogen-bond acceptors (Lipinski definition) is 2. The average Bonchev–Trinajstić information content (AvgIpc) is 2.28. The SMILES string of the molecule is CCNCCc1ccc(CCNC)cc1. The van der Waals surface area contributed by atoms with E-state index in [1.165, 1.54) is 11.1 Å². The zero-order chi connectivity index (χ0) is 10.9.